The van der Waals surface area contributed by atoms with Crippen LogP contribution in [0.5, 0.6) is 5.75 Å². The predicted octanol–water partition coefficient (Wildman–Crippen LogP) is 4.06. The van der Waals surface area contributed by atoms with Gasteiger partial charge in [0.2, 0.25) is 5.91 Å². The molecule has 0 fully saturated rings. The van der Waals surface area contributed by atoms with Gasteiger partial charge in [-0.3, -0.25) is 9.59 Å². The van der Waals surface area contributed by atoms with E-state index in [2.05, 4.69) is 5.32 Å². The third-order valence-corrected chi connectivity index (χ3v) is 4.79. The van der Waals surface area contributed by atoms with Gasteiger partial charge in [0.05, 0.1) is 0 Å². The quantitative estimate of drug-likeness (QED) is 0.691. The average Bonchev–Trinajstić information content (AvgIpc) is 2.67. The minimum absolute atomic E-state index is 0.0441. The summed E-state index contributed by atoms with van der Waals surface area (Å²) in [5, 5.41) is 3.49. The van der Waals surface area contributed by atoms with E-state index < -0.39 is 17.8 Å². The molecular weight excluding hydrogens is 406 g/mol. The number of nitrogens with zero attached hydrogens (tertiary/aromatic N) is 1. The van der Waals surface area contributed by atoms with Crippen LogP contribution in [-0.4, -0.2) is 35.9 Å². The zero-order valence-electron chi connectivity index (χ0n) is 15.5. The van der Waals surface area contributed by atoms with E-state index >= 15 is 0 Å². The summed E-state index contributed by atoms with van der Waals surface area (Å²) >= 11 is 12.4. The lowest BCUT2D eigenvalue weighted by Gasteiger charge is -2.29. The molecule has 0 saturated carbocycles. The van der Waals surface area contributed by atoms with E-state index in [0.717, 1.165) is 0 Å². The molecular formula is C20H21Cl2FN2O3. The van der Waals surface area contributed by atoms with Crippen LogP contribution in [0.1, 0.15) is 19.4 Å². The van der Waals surface area contributed by atoms with Crippen LogP contribution in [-0.2, 0) is 16.1 Å². The maximum Gasteiger partial charge on any atom is 0.261 e. The second-order valence-corrected chi connectivity index (χ2v) is 6.85. The van der Waals surface area contributed by atoms with Crippen LogP contribution in [0, 0.1) is 5.82 Å². The Balaban J connectivity index is 2.20. The Kier molecular flexibility index (Phi) is 8.08. The topological polar surface area (TPSA) is 58.6 Å². The smallest absolute Gasteiger partial charge is 0.261 e. The standard InChI is InChI=1S/C20H21Cl2FN2O3/c1-3-24-20(27)13(2)25(11-16-17(21)5-4-6-18(16)22)19(26)12-28-15-9-7-14(23)8-10-15/h4-10,13H,3,11-12H2,1-2H3,(H,24,27). The average molecular weight is 427 g/mol. The van der Waals surface area contributed by atoms with Gasteiger partial charge in [0.25, 0.3) is 5.91 Å². The van der Waals surface area contributed by atoms with Crippen molar-refractivity contribution >= 4 is 35.0 Å². The Hall–Kier alpha value is -2.31. The Bertz CT molecular complexity index is 810. The normalized spacial score (nSPS) is 11.6. The van der Waals surface area contributed by atoms with Gasteiger partial charge in [0.1, 0.15) is 17.6 Å². The summed E-state index contributed by atoms with van der Waals surface area (Å²) in [5.74, 6) is -0.797. The summed E-state index contributed by atoms with van der Waals surface area (Å²) in [4.78, 5) is 26.5. The first-order chi connectivity index (χ1) is 13.3. The molecule has 0 aliphatic rings. The summed E-state index contributed by atoms with van der Waals surface area (Å²) in [6, 6.07) is 9.57. The highest BCUT2D eigenvalue weighted by molar-refractivity contribution is 6.36. The van der Waals surface area contributed by atoms with Crippen molar-refractivity contribution in [1.29, 1.82) is 0 Å². The molecule has 0 radical (unpaired) electrons. The molecule has 1 unspecified atom stereocenters. The van der Waals surface area contributed by atoms with Crippen LogP contribution < -0.4 is 10.1 Å². The molecule has 0 aliphatic heterocycles. The summed E-state index contributed by atoms with van der Waals surface area (Å²) < 4.78 is 18.4. The summed E-state index contributed by atoms with van der Waals surface area (Å²) in [5.41, 5.74) is 0.539. The molecule has 2 amide bonds. The first kappa shape index (κ1) is 22.0. The van der Waals surface area contributed by atoms with Crippen molar-refractivity contribution in [3.8, 4) is 5.75 Å². The molecule has 28 heavy (non-hydrogen) atoms. The summed E-state index contributed by atoms with van der Waals surface area (Å²) in [7, 11) is 0. The zero-order chi connectivity index (χ0) is 20.7. The van der Waals surface area contributed by atoms with E-state index in [1.807, 2.05) is 0 Å². The molecule has 0 aliphatic carbocycles. The second kappa shape index (κ2) is 10.3. The number of hydrogen-bond acceptors (Lipinski definition) is 3. The maximum absolute atomic E-state index is 13.0. The van der Waals surface area contributed by atoms with Crippen molar-refractivity contribution in [2.24, 2.45) is 0 Å². The van der Waals surface area contributed by atoms with Crippen molar-refractivity contribution in [2.45, 2.75) is 26.4 Å². The first-order valence-electron chi connectivity index (χ1n) is 8.72. The SMILES string of the molecule is CCNC(=O)C(C)N(Cc1c(Cl)cccc1Cl)C(=O)COc1ccc(F)cc1. The van der Waals surface area contributed by atoms with Crippen LogP contribution in [0.4, 0.5) is 4.39 Å². The molecule has 2 rings (SSSR count). The Morgan fingerprint density at radius 3 is 2.32 bits per heavy atom. The number of likely N-dealkylation sites (N-methyl/N-ethyl adjacent to an activating group) is 1. The molecule has 8 heteroatoms. The van der Waals surface area contributed by atoms with Gasteiger partial charge in [-0.15, -0.1) is 0 Å². The lowest BCUT2D eigenvalue weighted by atomic mass is 10.1. The minimum atomic E-state index is -0.767. The van der Waals surface area contributed by atoms with E-state index in [1.54, 1.807) is 32.0 Å². The van der Waals surface area contributed by atoms with Crippen LogP contribution in [0.2, 0.25) is 10.0 Å². The number of nitrogens with one attached hydrogen (secondary N) is 1. The Labute approximate surface area is 173 Å². The van der Waals surface area contributed by atoms with Gasteiger partial charge in [0, 0.05) is 28.7 Å². The number of carbonyl (C=O) groups excluding carboxylic acids is 2. The molecule has 1 N–H and O–H groups in total. The van der Waals surface area contributed by atoms with E-state index in [4.69, 9.17) is 27.9 Å². The van der Waals surface area contributed by atoms with E-state index in [-0.39, 0.29) is 19.1 Å². The van der Waals surface area contributed by atoms with Gasteiger partial charge in [-0.2, -0.15) is 0 Å². The maximum atomic E-state index is 13.0. The molecule has 2 aromatic rings. The van der Waals surface area contributed by atoms with Crippen molar-refractivity contribution in [1.82, 2.24) is 10.2 Å². The van der Waals surface area contributed by atoms with Gasteiger partial charge in [-0.1, -0.05) is 29.3 Å². The number of amides is 2. The van der Waals surface area contributed by atoms with Gasteiger partial charge in [-0.05, 0) is 50.2 Å². The van der Waals surface area contributed by atoms with Crippen molar-refractivity contribution < 1.29 is 18.7 Å². The second-order valence-electron chi connectivity index (χ2n) is 6.04. The van der Waals surface area contributed by atoms with Gasteiger partial charge in [-0.25, -0.2) is 4.39 Å². The largest absolute Gasteiger partial charge is 0.484 e. The van der Waals surface area contributed by atoms with E-state index in [9.17, 15) is 14.0 Å². The van der Waals surface area contributed by atoms with Crippen LogP contribution >= 0.6 is 23.2 Å². The highest BCUT2D eigenvalue weighted by Crippen LogP contribution is 2.26. The molecule has 150 valence electrons. The number of hydrogen-bond donors (Lipinski definition) is 1. The third-order valence-electron chi connectivity index (χ3n) is 4.08. The van der Waals surface area contributed by atoms with Crippen LogP contribution in [0.15, 0.2) is 42.5 Å². The third kappa shape index (κ3) is 5.84. The molecule has 5 nitrogen and oxygen atoms in total. The fourth-order valence-corrected chi connectivity index (χ4v) is 3.03. The summed E-state index contributed by atoms with van der Waals surface area (Å²) in [6.45, 7) is 3.56. The van der Waals surface area contributed by atoms with Crippen molar-refractivity contribution in [3.63, 3.8) is 0 Å². The molecule has 0 heterocycles. The number of halogens is 3. The minimum Gasteiger partial charge on any atom is -0.484 e. The van der Waals surface area contributed by atoms with Gasteiger partial charge in [0.15, 0.2) is 6.61 Å². The number of benzene rings is 2. The highest BCUT2D eigenvalue weighted by atomic mass is 35.5. The first-order valence-corrected chi connectivity index (χ1v) is 9.47. The zero-order valence-corrected chi connectivity index (χ0v) is 17.1. The fourth-order valence-electron chi connectivity index (χ4n) is 2.52. The molecule has 2 aromatic carbocycles. The Morgan fingerprint density at radius 1 is 1.14 bits per heavy atom. The summed E-state index contributed by atoms with van der Waals surface area (Å²) in [6.07, 6.45) is 0. The van der Waals surface area contributed by atoms with Gasteiger partial charge >= 0.3 is 0 Å². The van der Waals surface area contributed by atoms with Crippen molar-refractivity contribution in [2.75, 3.05) is 13.2 Å². The molecule has 0 aromatic heterocycles. The lowest BCUT2D eigenvalue weighted by Crippen LogP contribution is -2.49. The predicted molar refractivity (Wildman–Crippen MR) is 107 cm³/mol. The molecule has 0 bridgehead atoms. The molecule has 0 spiro atoms. The van der Waals surface area contributed by atoms with E-state index in [1.165, 1.54) is 29.2 Å². The fraction of sp³-hybridized carbons (Fsp3) is 0.300. The lowest BCUT2D eigenvalue weighted by molar-refractivity contribution is -0.142. The van der Waals surface area contributed by atoms with Crippen molar-refractivity contribution in [3.05, 3.63) is 63.9 Å². The van der Waals surface area contributed by atoms with Crippen LogP contribution in [0.25, 0.3) is 0 Å². The van der Waals surface area contributed by atoms with Crippen LogP contribution in [0.3, 0.4) is 0 Å². The molecule has 1 atom stereocenters. The molecule has 0 saturated heterocycles. The number of ether oxygens (including phenoxy) is 1. The number of rotatable bonds is 8. The number of carbonyl (C=O) groups is 2. The van der Waals surface area contributed by atoms with Gasteiger partial charge < -0.3 is 15.0 Å². The monoisotopic (exact) mass is 426 g/mol. The van der Waals surface area contributed by atoms with E-state index in [0.29, 0.717) is 27.9 Å². The Morgan fingerprint density at radius 2 is 1.75 bits per heavy atom. The highest BCUT2D eigenvalue weighted by Gasteiger charge is 2.27.